The Morgan fingerprint density at radius 3 is 2.58 bits per heavy atom. The van der Waals surface area contributed by atoms with Crippen LogP contribution in [0.15, 0.2) is 47.0 Å². The molecule has 0 aliphatic carbocycles. The largest absolute Gasteiger partial charge is 0.478 e. The molecule has 0 saturated carbocycles. The first-order valence-corrected chi connectivity index (χ1v) is 5.91. The number of aromatic carboxylic acids is 1. The number of hydrogen-bond acceptors (Lipinski definition) is 3. The fourth-order valence-electron chi connectivity index (χ4n) is 1.89. The lowest BCUT2D eigenvalue weighted by Gasteiger charge is -1.97. The summed E-state index contributed by atoms with van der Waals surface area (Å²) in [7, 11) is 0. The summed E-state index contributed by atoms with van der Waals surface area (Å²) < 4.78 is 5.29. The van der Waals surface area contributed by atoms with E-state index in [-0.39, 0.29) is 5.56 Å². The fourth-order valence-corrected chi connectivity index (χ4v) is 2.01. The predicted octanol–water partition coefficient (Wildman–Crippen LogP) is 3.85. The van der Waals surface area contributed by atoms with Gasteiger partial charge in [-0.05, 0) is 42.5 Å². The quantitative estimate of drug-likeness (QED) is 0.770. The lowest BCUT2D eigenvalue weighted by atomic mass is 10.1. The zero-order chi connectivity index (χ0) is 13.4. The molecule has 0 atom stereocenters. The van der Waals surface area contributed by atoms with Crippen LogP contribution in [0.5, 0.6) is 0 Å². The summed E-state index contributed by atoms with van der Waals surface area (Å²) in [6.45, 7) is 0. The number of carboxylic acids is 1. The van der Waals surface area contributed by atoms with Crippen molar-refractivity contribution in [3.8, 4) is 11.3 Å². The Morgan fingerprint density at radius 2 is 1.89 bits per heavy atom. The monoisotopic (exact) mass is 273 g/mol. The van der Waals surface area contributed by atoms with Crippen molar-refractivity contribution in [3.63, 3.8) is 0 Å². The maximum atomic E-state index is 10.9. The van der Waals surface area contributed by atoms with Crippen LogP contribution in [0.4, 0.5) is 0 Å². The minimum Gasteiger partial charge on any atom is -0.478 e. The highest BCUT2D eigenvalue weighted by Crippen LogP contribution is 2.29. The molecule has 0 spiro atoms. The van der Waals surface area contributed by atoms with Gasteiger partial charge < -0.3 is 9.63 Å². The molecule has 0 fully saturated rings. The second-order valence-electron chi connectivity index (χ2n) is 4.06. The molecule has 5 heteroatoms. The van der Waals surface area contributed by atoms with Gasteiger partial charge in [-0.2, -0.15) is 0 Å². The van der Waals surface area contributed by atoms with Crippen LogP contribution in [-0.2, 0) is 0 Å². The van der Waals surface area contributed by atoms with Crippen LogP contribution in [0, 0.1) is 0 Å². The van der Waals surface area contributed by atoms with E-state index in [0.717, 1.165) is 10.9 Å². The van der Waals surface area contributed by atoms with Crippen molar-refractivity contribution in [3.05, 3.63) is 53.1 Å². The van der Waals surface area contributed by atoms with Gasteiger partial charge in [-0.15, -0.1) is 0 Å². The van der Waals surface area contributed by atoms with E-state index in [2.05, 4.69) is 5.16 Å². The molecule has 1 N–H and O–H groups in total. The Balaban J connectivity index is 2.15. The number of carbonyl (C=O) groups is 1. The van der Waals surface area contributed by atoms with Crippen molar-refractivity contribution >= 4 is 28.5 Å². The second kappa shape index (κ2) is 4.40. The number of aromatic nitrogens is 1. The van der Waals surface area contributed by atoms with E-state index in [1.54, 1.807) is 18.2 Å². The van der Waals surface area contributed by atoms with Crippen molar-refractivity contribution in [1.29, 1.82) is 0 Å². The summed E-state index contributed by atoms with van der Waals surface area (Å²) in [4.78, 5) is 10.9. The number of rotatable bonds is 2. The first-order chi connectivity index (χ1) is 9.15. The number of nitrogens with zero attached hydrogens (tertiary/aromatic N) is 1. The molecule has 3 rings (SSSR count). The standard InChI is InChI=1S/C14H8ClNO3/c15-10-4-1-8(2-5-10)13-11-6-3-9(14(17)18)7-12(11)16-19-13/h1-7H,(H,17,18). The Hall–Kier alpha value is -2.33. The number of fused-ring (bicyclic) bond motifs is 1. The van der Waals surface area contributed by atoms with Crippen LogP contribution in [0.25, 0.3) is 22.2 Å². The summed E-state index contributed by atoms with van der Waals surface area (Å²) in [6, 6.07) is 11.9. The molecule has 2 aromatic carbocycles. The number of benzene rings is 2. The molecule has 1 heterocycles. The number of carboxylic acid groups (broad SMARTS) is 1. The van der Waals surface area contributed by atoms with Crippen LogP contribution in [0.3, 0.4) is 0 Å². The number of halogens is 1. The molecule has 0 unspecified atom stereocenters. The highest BCUT2D eigenvalue weighted by molar-refractivity contribution is 6.30. The van der Waals surface area contributed by atoms with Gasteiger partial charge in [0.25, 0.3) is 0 Å². The van der Waals surface area contributed by atoms with Crippen LogP contribution < -0.4 is 0 Å². The predicted molar refractivity (Wildman–Crippen MR) is 71.4 cm³/mol. The van der Waals surface area contributed by atoms with Gasteiger partial charge in [-0.3, -0.25) is 0 Å². The van der Waals surface area contributed by atoms with Gasteiger partial charge in [0, 0.05) is 16.0 Å². The van der Waals surface area contributed by atoms with Crippen molar-refractivity contribution in [2.75, 3.05) is 0 Å². The molecule has 0 aliphatic rings. The van der Waals surface area contributed by atoms with Gasteiger partial charge in [0.2, 0.25) is 0 Å². The van der Waals surface area contributed by atoms with Crippen LogP contribution in [0.2, 0.25) is 5.02 Å². The van der Waals surface area contributed by atoms with Gasteiger partial charge in [-0.1, -0.05) is 16.8 Å². The van der Waals surface area contributed by atoms with Gasteiger partial charge in [-0.25, -0.2) is 4.79 Å². The molecule has 0 bridgehead atoms. The van der Waals surface area contributed by atoms with Gasteiger partial charge in [0.05, 0.1) is 5.56 Å². The summed E-state index contributed by atoms with van der Waals surface area (Å²) in [5, 5.41) is 14.2. The molecule has 0 amide bonds. The van der Waals surface area contributed by atoms with Crippen molar-refractivity contribution in [1.82, 2.24) is 5.16 Å². The SMILES string of the molecule is O=C(O)c1ccc2c(-c3ccc(Cl)cc3)onc2c1. The third-order valence-corrected chi connectivity index (χ3v) is 3.08. The van der Waals surface area contributed by atoms with Gasteiger partial charge in [0.1, 0.15) is 5.52 Å². The fraction of sp³-hybridized carbons (Fsp3) is 0. The zero-order valence-electron chi connectivity index (χ0n) is 9.63. The Bertz CT molecular complexity index is 762. The third-order valence-electron chi connectivity index (χ3n) is 2.83. The van der Waals surface area contributed by atoms with E-state index in [1.165, 1.54) is 12.1 Å². The minimum atomic E-state index is -0.988. The summed E-state index contributed by atoms with van der Waals surface area (Å²) >= 11 is 5.84. The zero-order valence-corrected chi connectivity index (χ0v) is 10.4. The van der Waals surface area contributed by atoms with E-state index >= 15 is 0 Å². The molecular weight excluding hydrogens is 266 g/mol. The Kier molecular flexibility index (Phi) is 2.72. The first-order valence-electron chi connectivity index (χ1n) is 5.54. The number of hydrogen-bond donors (Lipinski definition) is 1. The molecular formula is C14H8ClNO3. The van der Waals surface area contributed by atoms with Crippen molar-refractivity contribution in [2.24, 2.45) is 0 Å². The summed E-state index contributed by atoms with van der Waals surface area (Å²) in [5.41, 5.74) is 1.54. The van der Waals surface area contributed by atoms with Crippen LogP contribution >= 0.6 is 11.6 Å². The van der Waals surface area contributed by atoms with E-state index in [9.17, 15) is 4.79 Å². The molecule has 94 valence electrons. The van der Waals surface area contributed by atoms with Crippen molar-refractivity contribution < 1.29 is 14.4 Å². The maximum absolute atomic E-state index is 10.9. The van der Waals surface area contributed by atoms with E-state index < -0.39 is 5.97 Å². The molecule has 1 aromatic heterocycles. The Labute approximate surface area is 113 Å². The maximum Gasteiger partial charge on any atom is 0.335 e. The van der Waals surface area contributed by atoms with Crippen LogP contribution in [0.1, 0.15) is 10.4 Å². The Morgan fingerprint density at radius 1 is 1.16 bits per heavy atom. The van der Waals surface area contributed by atoms with Crippen LogP contribution in [-0.4, -0.2) is 16.2 Å². The minimum absolute atomic E-state index is 0.184. The summed E-state index contributed by atoms with van der Waals surface area (Å²) in [6.07, 6.45) is 0. The smallest absolute Gasteiger partial charge is 0.335 e. The highest BCUT2D eigenvalue weighted by Gasteiger charge is 2.12. The second-order valence-corrected chi connectivity index (χ2v) is 4.49. The average Bonchev–Trinajstić information content (AvgIpc) is 2.82. The summed E-state index contributed by atoms with van der Waals surface area (Å²) in [5.74, 6) is -0.387. The van der Waals surface area contributed by atoms with Gasteiger partial charge >= 0.3 is 5.97 Å². The normalized spacial score (nSPS) is 10.8. The van der Waals surface area contributed by atoms with Gasteiger partial charge in [0.15, 0.2) is 5.76 Å². The van der Waals surface area contributed by atoms with Crippen molar-refractivity contribution in [2.45, 2.75) is 0 Å². The lowest BCUT2D eigenvalue weighted by molar-refractivity contribution is 0.0697. The van der Waals surface area contributed by atoms with E-state index in [1.807, 2.05) is 12.1 Å². The topological polar surface area (TPSA) is 63.3 Å². The third kappa shape index (κ3) is 2.06. The molecule has 0 aliphatic heterocycles. The van der Waals surface area contributed by atoms with E-state index in [4.69, 9.17) is 21.2 Å². The molecule has 4 nitrogen and oxygen atoms in total. The van der Waals surface area contributed by atoms with E-state index in [0.29, 0.717) is 16.3 Å². The first kappa shape index (κ1) is 11.7. The average molecular weight is 274 g/mol. The molecule has 19 heavy (non-hydrogen) atoms. The molecule has 3 aromatic rings. The molecule has 0 radical (unpaired) electrons. The molecule has 0 saturated heterocycles. The highest BCUT2D eigenvalue weighted by atomic mass is 35.5. The lowest BCUT2D eigenvalue weighted by Crippen LogP contribution is -1.94.